The molecule has 0 fully saturated rings. The van der Waals surface area contributed by atoms with Crippen LogP contribution in [0.4, 0.5) is 0 Å². The van der Waals surface area contributed by atoms with Crippen LogP contribution < -0.4 is 5.32 Å². The topological polar surface area (TPSA) is 29.1 Å². The van der Waals surface area contributed by atoms with Crippen LogP contribution in [0.1, 0.15) is 47.0 Å². The Morgan fingerprint density at radius 3 is 2.62 bits per heavy atom. The largest absolute Gasteiger partial charge is 0.387 e. The second-order valence-electron chi connectivity index (χ2n) is 6.67. The van der Waals surface area contributed by atoms with Gasteiger partial charge in [0.25, 0.3) is 0 Å². The highest BCUT2D eigenvalue weighted by molar-refractivity contribution is 5.98. The van der Waals surface area contributed by atoms with Gasteiger partial charge in [-0.05, 0) is 24.2 Å². The third-order valence-corrected chi connectivity index (χ3v) is 3.54. The van der Waals surface area contributed by atoms with Crippen molar-refractivity contribution in [1.29, 1.82) is 0 Å². The zero-order valence-corrected chi connectivity index (χ0v) is 10.9. The minimum absolute atomic E-state index is 0.304. The molecular formula is C14H23NO. The average Bonchev–Trinajstić information content (AvgIpc) is 2.44. The number of carbonyl (C=O) groups excluding carboxylic acids is 1. The number of Topliss-reactive ketones (excluding diaryl/α,β-unsaturated/α-hetero) is 1. The highest BCUT2D eigenvalue weighted by Crippen LogP contribution is 2.38. The summed E-state index contributed by atoms with van der Waals surface area (Å²) in [6, 6.07) is 0. The van der Waals surface area contributed by atoms with Gasteiger partial charge in [0.2, 0.25) is 0 Å². The molecule has 0 amide bonds. The van der Waals surface area contributed by atoms with E-state index >= 15 is 0 Å². The molecule has 2 atom stereocenters. The molecule has 90 valence electrons. The highest BCUT2D eigenvalue weighted by atomic mass is 16.1. The first kappa shape index (κ1) is 11.7. The van der Waals surface area contributed by atoms with Crippen molar-refractivity contribution in [2.75, 3.05) is 6.54 Å². The Morgan fingerprint density at radius 1 is 1.31 bits per heavy atom. The summed E-state index contributed by atoms with van der Waals surface area (Å²) in [5.41, 5.74) is 2.68. The summed E-state index contributed by atoms with van der Waals surface area (Å²) in [4.78, 5) is 12.1. The number of hydrogen-bond acceptors (Lipinski definition) is 2. The van der Waals surface area contributed by atoms with Crippen molar-refractivity contribution >= 4 is 5.78 Å². The molecule has 0 aromatic carbocycles. The predicted octanol–water partition coefficient (Wildman–Crippen LogP) is 2.90. The molecule has 0 spiro atoms. The van der Waals surface area contributed by atoms with Crippen LogP contribution in [0.3, 0.4) is 0 Å². The molecule has 1 heterocycles. The standard InChI is InChI=1S/C14H23NO/c1-9-5-11-13(12(16)6-9)10(8-15-11)7-14(2,3)4/h9-10,15H,5-8H2,1-4H3. The first-order chi connectivity index (χ1) is 7.37. The summed E-state index contributed by atoms with van der Waals surface area (Å²) < 4.78 is 0. The van der Waals surface area contributed by atoms with Crippen molar-refractivity contribution in [2.45, 2.75) is 47.0 Å². The lowest BCUT2D eigenvalue weighted by Crippen LogP contribution is -2.22. The molecule has 0 bridgehead atoms. The Hall–Kier alpha value is -0.790. The van der Waals surface area contributed by atoms with Crippen LogP contribution >= 0.6 is 0 Å². The van der Waals surface area contributed by atoms with Gasteiger partial charge in [0.1, 0.15) is 0 Å². The normalized spacial score (nSPS) is 30.4. The molecule has 1 aliphatic carbocycles. The average molecular weight is 221 g/mol. The number of hydrogen-bond donors (Lipinski definition) is 1. The van der Waals surface area contributed by atoms with Gasteiger partial charge >= 0.3 is 0 Å². The lowest BCUT2D eigenvalue weighted by molar-refractivity contribution is -0.117. The lowest BCUT2D eigenvalue weighted by Gasteiger charge is -2.26. The monoisotopic (exact) mass is 221 g/mol. The van der Waals surface area contributed by atoms with Crippen LogP contribution in [-0.2, 0) is 4.79 Å². The van der Waals surface area contributed by atoms with Gasteiger partial charge < -0.3 is 5.32 Å². The molecule has 2 unspecified atom stereocenters. The zero-order valence-electron chi connectivity index (χ0n) is 10.9. The molecule has 0 aromatic rings. The van der Waals surface area contributed by atoms with Crippen LogP contribution in [-0.4, -0.2) is 12.3 Å². The molecule has 1 N–H and O–H groups in total. The van der Waals surface area contributed by atoms with E-state index in [0.717, 1.165) is 31.4 Å². The van der Waals surface area contributed by atoms with E-state index in [4.69, 9.17) is 0 Å². The van der Waals surface area contributed by atoms with Gasteiger partial charge in [-0.25, -0.2) is 0 Å². The van der Waals surface area contributed by atoms with Crippen molar-refractivity contribution in [1.82, 2.24) is 5.32 Å². The van der Waals surface area contributed by atoms with E-state index < -0.39 is 0 Å². The Morgan fingerprint density at radius 2 is 2.00 bits per heavy atom. The molecular weight excluding hydrogens is 198 g/mol. The van der Waals surface area contributed by atoms with E-state index in [2.05, 4.69) is 33.0 Å². The van der Waals surface area contributed by atoms with Crippen molar-refractivity contribution < 1.29 is 4.79 Å². The van der Waals surface area contributed by atoms with E-state index in [1.54, 1.807) is 0 Å². The van der Waals surface area contributed by atoms with E-state index in [9.17, 15) is 4.79 Å². The van der Waals surface area contributed by atoms with Crippen molar-refractivity contribution in [3.63, 3.8) is 0 Å². The number of rotatable bonds is 1. The minimum Gasteiger partial charge on any atom is -0.387 e. The fourth-order valence-corrected chi connectivity index (χ4v) is 3.03. The molecule has 2 aliphatic rings. The number of ketones is 1. The summed E-state index contributed by atoms with van der Waals surface area (Å²) in [7, 11) is 0. The zero-order chi connectivity index (χ0) is 11.9. The van der Waals surface area contributed by atoms with Gasteiger partial charge in [0.15, 0.2) is 5.78 Å². The van der Waals surface area contributed by atoms with Gasteiger partial charge in [-0.2, -0.15) is 0 Å². The Labute approximate surface area is 98.5 Å². The maximum Gasteiger partial charge on any atom is 0.161 e. The Bertz CT molecular complexity index is 335. The van der Waals surface area contributed by atoms with Gasteiger partial charge in [-0.3, -0.25) is 4.79 Å². The second kappa shape index (κ2) is 3.90. The molecule has 1 aliphatic heterocycles. The van der Waals surface area contributed by atoms with E-state index in [1.807, 2.05) is 0 Å². The SMILES string of the molecule is CC1CC(=O)C2=C(C1)NCC2CC(C)(C)C. The van der Waals surface area contributed by atoms with E-state index in [-0.39, 0.29) is 0 Å². The molecule has 0 saturated carbocycles. The number of carbonyl (C=O) groups is 1. The van der Waals surface area contributed by atoms with Crippen molar-refractivity contribution in [2.24, 2.45) is 17.3 Å². The summed E-state index contributed by atoms with van der Waals surface area (Å²) in [5.74, 6) is 1.37. The summed E-state index contributed by atoms with van der Waals surface area (Å²) in [6.45, 7) is 9.89. The molecule has 2 rings (SSSR count). The smallest absolute Gasteiger partial charge is 0.161 e. The first-order valence-electron chi connectivity index (χ1n) is 6.37. The maximum absolute atomic E-state index is 12.1. The van der Waals surface area contributed by atoms with Crippen LogP contribution in [0.15, 0.2) is 11.3 Å². The third kappa shape index (κ3) is 2.31. The summed E-state index contributed by atoms with van der Waals surface area (Å²) in [5, 5.41) is 3.45. The quantitative estimate of drug-likeness (QED) is 0.737. The molecule has 16 heavy (non-hydrogen) atoms. The summed E-state index contributed by atoms with van der Waals surface area (Å²) in [6.07, 6.45) is 2.93. The molecule has 0 saturated heterocycles. The second-order valence-corrected chi connectivity index (χ2v) is 6.67. The predicted molar refractivity (Wildman–Crippen MR) is 66.0 cm³/mol. The number of allylic oxidation sites excluding steroid dienone is 1. The van der Waals surface area contributed by atoms with Crippen molar-refractivity contribution in [3.8, 4) is 0 Å². The fraction of sp³-hybridized carbons (Fsp3) is 0.786. The fourth-order valence-electron chi connectivity index (χ4n) is 3.03. The van der Waals surface area contributed by atoms with E-state index in [1.165, 1.54) is 5.70 Å². The first-order valence-corrected chi connectivity index (χ1v) is 6.37. The maximum atomic E-state index is 12.1. The minimum atomic E-state index is 0.304. The molecule has 0 aromatic heterocycles. The summed E-state index contributed by atoms with van der Waals surface area (Å²) >= 11 is 0. The molecule has 2 nitrogen and oxygen atoms in total. The van der Waals surface area contributed by atoms with Crippen LogP contribution in [0.25, 0.3) is 0 Å². The van der Waals surface area contributed by atoms with Crippen LogP contribution in [0.2, 0.25) is 0 Å². The Kier molecular flexibility index (Phi) is 2.85. The van der Waals surface area contributed by atoms with Gasteiger partial charge in [0, 0.05) is 30.2 Å². The highest BCUT2D eigenvalue weighted by Gasteiger charge is 2.36. The molecule has 2 heteroatoms. The molecule has 0 radical (unpaired) electrons. The van der Waals surface area contributed by atoms with Gasteiger partial charge in [-0.15, -0.1) is 0 Å². The third-order valence-electron chi connectivity index (χ3n) is 3.54. The lowest BCUT2D eigenvalue weighted by atomic mass is 9.77. The van der Waals surface area contributed by atoms with Crippen LogP contribution in [0.5, 0.6) is 0 Å². The number of nitrogens with one attached hydrogen (secondary N) is 1. The Balaban J connectivity index is 2.18. The van der Waals surface area contributed by atoms with E-state index in [0.29, 0.717) is 23.0 Å². The van der Waals surface area contributed by atoms with Crippen LogP contribution in [0, 0.1) is 17.3 Å². The van der Waals surface area contributed by atoms with Crippen molar-refractivity contribution in [3.05, 3.63) is 11.3 Å². The van der Waals surface area contributed by atoms with Gasteiger partial charge in [0.05, 0.1) is 0 Å². The van der Waals surface area contributed by atoms with Gasteiger partial charge in [-0.1, -0.05) is 27.7 Å².